The molecule has 0 bridgehead atoms. The summed E-state index contributed by atoms with van der Waals surface area (Å²) in [6, 6.07) is 27.5. The Hall–Kier alpha value is -2.58. The van der Waals surface area contributed by atoms with Crippen molar-refractivity contribution in [1.82, 2.24) is 4.57 Å². The monoisotopic (exact) mass is 445 g/mol. The predicted molar refractivity (Wildman–Crippen MR) is 131 cm³/mol. The lowest BCUT2D eigenvalue weighted by atomic mass is 10.0. The standard InChI is InChI=1S/C20H20BrN.C7H8/c1-3-6-16-7-4-5-8-17(16)13-15(2)22-12-11-18-14-19(21)9-10-20(18)22;1-7-5-3-2-4-6-7/h4-5,7-14H,3,6H2,1-2H3;2-6H,1H3/b15-13+;. The van der Waals surface area contributed by atoms with Gasteiger partial charge in [0, 0.05) is 21.8 Å². The number of halogens is 1. The van der Waals surface area contributed by atoms with Gasteiger partial charge in [0.1, 0.15) is 0 Å². The number of aryl methyl sites for hydroxylation is 2. The van der Waals surface area contributed by atoms with Crippen molar-refractivity contribution in [2.24, 2.45) is 0 Å². The fraction of sp³-hybridized carbons (Fsp3) is 0.185. The molecule has 0 aliphatic heterocycles. The molecule has 4 rings (SSSR count). The number of fused-ring (bicyclic) bond motifs is 1. The summed E-state index contributed by atoms with van der Waals surface area (Å²) in [5.41, 5.74) is 6.54. The molecule has 1 nitrogen and oxygen atoms in total. The van der Waals surface area contributed by atoms with Gasteiger partial charge in [-0.15, -0.1) is 0 Å². The topological polar surface area (TPSA) is 4.93 Å². The quantitative estimate of drug-likeness (QED) is 0.297. The minimum absolute atomic E-state index is 1.12. The molecule has 0 radical (unpaired) electrons. The Kier molecular flexibility index (Phi) is 7.48. The van der Waals surface area contributed by atoms with Crippen LogP contribution in [-0.2, 0) is 6.42 Å². The molecular formula is C27H28BrN. The first-order valence-electron chi connectivity index (χ1n) is 10.1. The smallest absolute Gasteiger partial charge is 0.0525 e. The average molecular weight is 446 g/mol. The van der Waals surface area contributed by atoms with E-state index in [2.05, 4.69) is 114 Å². The van der Waals surface area contributed by atoms with E-state index in [1.807, 2.05) is 18.2 Å². The Labute approximate surface area is 182 Å². The Morgan fingerprint density at radius 2 is 1.66 bits per heavy atom. The van der Waals surface area contributed by atoms with Crippen LogP contribution in [0.4, 0.5) is 0 Å². The first-order valence-corrected chi connectivity index (χ1v) is 10.9. The largest absolute Gasteiger partial charge is 0.321 e. The molecule has 148 valence electrons. The maximum atomic E-state index is 3.54. The minimum Gasteiger partial charge on any atom is -0.321 e. The van der Waals surface area contributed by atoms with E-state index in [1.54, 1.807) is 0 Å². The van der Waals surface area contributed by atoms with Crippen molar-refractivity contribution in [2.45, 2.75) is 33.6 Å². The first-order chi connectivity index (χ1) is 14.1. The van der Waals surface area contributed by atoms with Crippen LogP contribution in [0.3, 0.4) is 0 Å². The Morgan fingerprint density at radius 3 is 2.34 bits per heavy atom. The number of benzene rings is 3. The minimum atomic E-state index is 1.12. The van der Waals surface area contributed by atoms with Crippen molar-refractivity contribution in [3.8, 4) is 0 Å². The zero-order valence-corrected chi connectivity index (χ0v) is 19.0. The van der Waals surface area contributed by atoms with Gasteiger partial charge in [0.25, 0.3) is 0 Å². The molecule has 3 aromatic carbocycles. The highest BCUT2D eigenvalue weighted by molar-refractivity contribution is 9.10. The molecule has 1 heterocycles. The van der Waals surface area contributed by atoms with Crippen LogP contribution in [-0.4, -0.2) is 4.57 Å². The maximum absolute atomic E-state index is 3.54. The van der Waals surface area contributed by atoms with E-state index in [4.69, 9.17) is 0 Å². The van der Waals surface area contributed by atoms with Crippen LogP contribution < -0.4 is 0 Å². The third kappa shape index (κ3) is 5.71. The summed E-state index contributed by atoms with van der Waals surface area (Å²) in [6.45, 7) is 6.48. The van der Waals surface area contributed by atoms with Gasteiger partial charge in [-0.3, -0.25) is 0 Å². The van der Waals surface area contributed by atoms with Gasteiger partial charge in [0.05, 0.1) is 5.52 Å². The molecule has 0 saturated carbocycles. The van der Waals surface area contributed by atoms with E-state index >= 15 is 0 Å². The van der Waals surface area contributed by atoms with Crippen molar-refractivity contribution in [3.63, 3.8) is 0 Å². The van der Waals surface area contributed by atoms with Crippen molar-refractivity contribution < 1.29 is 0 Å². The van der Waals surface area contributed by atoms with E-state index < -0.39 is 0 Å². The number of hydrogen-bond acceptors (Lipinski definition) is 0. The van der Waals surface area contributed by atoms with Crippen molar-refractivity contribution >= 4 is 38.6 Å². The van der Waals surface area contributed by atoms with Gasteiger partial charge in [-0.2, -0.15) is 0 Å². The average Bonchev–Trinajstić information content (AvgIpc) is 3.14. The van der Waals surface area contributed by atoms with Crippen LogP contribution in [0.15, 0.2) is 89.5 Å². The zero-order chi connectivity index (χ0) is 20.6. The second kappa shape index (κ2) is 10.3. The normalized spacial score (nSPS) is 11.2. The fourth-order valence-corrected chi connectivity index (χ4v) is 3.80. The van der Waals surface area contributed by atoms with E-state index in [-0.39, 0.29) is 0 Å². The van der Waals surface area contributed by atoms with Gasteiger partial charge in [-0.1, -0.05) is 89.4 Å². The summed E-state index contributed by atoms with van der Waals surface area (Å²) >= 11 is 3.54. The number of hydrogen-bond donors (Lipinski definition) is 0. The maximum Gasteiger partial charge on any atom is 0.0525 e. The molecule has 0 fully saturated rings. The number of nitrogens with zero attached hydrogens (tertiary/aromatic N) is 1. The molecular weight excluding hydrogens is 418 g/mol. The summed E-state index contributed by atoms with van der Waals surface area (Å²) in [6.07, 6.45) is 6.72. The summed E-state index contributed by atoms with van der Waals surface area (Å²) in [7, 11) is 0. The molecule has 0 atom stereocenters. The summed E-state index contributed by atoms with van der Waals surface area (Å²) < 4.78 is 3.37. The van der Waals surface area contributed by atoms with Crippen LogP contribution in [0, 0.1) is 6.92 Å². The lowest BCUT2D eigenvalue weighted by Crippen LogP contribution is -1.93. The predicted octanol–water partition coefficient (Wildman–Crippen LogP) is 8.37. The van der Waals surface area contributed by atoms with Gasteiger partial charge >= 0.3 is 0 Å². The fourth-order valence-electron chi connectivity index (χ4n) is 3.42. The van der Waals surface area contributed by atoms with Gasteiger partial charge < -0.3 is 4.57 Å². The van der Waals surface area contributed by atoms with Crippen LogP contribution in [0.25, 0.3) is 22.7 Å². The third-order valence-corrected chi connectivity index (χ3v) is 5.40. The van der Waals surface area contributed by atoms with E-state index in [1.165, 1.54) is 39.7 Å². The second-order valence-electron chi connectivity index (χ2n) is 7.28. The molecule has 0 spiro atoms. The van der Waals surface area contributed by atoms with E-state index in [0.29, 0.717) is 0 Å². The Morgan fingerprint density at radius 1 is 0.931 bits per heavy atom. The molecule has 0 aliphatic rings. The molecule has 0 N–H and O–H groups in total. The third-order valence-electron chi connectivity index (χ3n) is 4.91. The van der Waals surface area contributed by atoms with Crippen LogP contribution in [0.5, 0.6) is 0 Å². The van der Waals surface area contributed by atoms with Crippen molar-refractivity contribution in [1.29, 1.82) is 0 Å². The Balaban J connectivity index is 0.000000290. The van der Waals surface area contributed by atoms with Crippen LogP contribution in [0.2, 0.25) is 0 Å². The number of allylic oxidation sites excluding steroid dienone is 1. The van der Waals surface area contributed by atoms with E-state index in [0.717, 1.165) is 10.9 Å². The highest BCUT2D eigenvalue weighted by Crippen LogP contribution is 2.25. The number of aromatic nitrogens is 1. The van der Waals surface area contributed by atoms with E-state index in [9.17, 15) is 0 Å². The first kappa shape index (κ1) is 21.1. The molecule has 2 heteroatoms. The van der Waals surface area contributed by atoms with Gasteiger partial charge in [-0.25, -0.2) is 0 Å². The molecule has 0 amide bonds. The molecule has 0 aliphatic carbocycles. The molecule has 1 aromatic heterocycles. The van der Waals surface area contributed by atoms with Crippen molar-refractivity contribution in [2.75, 3.05) is 0 Å². The molecule has 0 unspecified atom stereocenters. The van der Waals surface area contributed by atoms with Gasteiger partial charge in [0.15, 0.2) is 0 Å². The van der Waals surface area contributed by atoms with Gasteiger partial charge in [-0.05, 0) is 61.7 Å². The number of rotatable bonds is 4. The lowest BCUT2D eigenvalue weighted by Gasteiger charge is -2.09. The van der Waals surface area contributed by atoms with Crippen LogP contribution >= 0.6 is 15.9 Å². The summed E-state index contributed by atoms with van der Waals surface area (Å²) in [4.78, 5) is 0. The summed E-state index contributed by atoms with van der Waals surface area (Å²) in [5.74, 6) is 0. The zero-order valence-electron chi connectivity index (χ0n) is 17.4. The van der Waals surface area contributed by atoms with Gasteiger partial charge in [0.2, 0.25) is 0 Å². The Bertz CT molecular complexity index is 1090. The molecule has 4 aromatic rings. The highest BCUT2D eigenvalue weighted by atomic mass is 79.9. The van der Waals surface area contributed by atoms with Crippen LogP contribution in [0.1, 0.15) is 37.0 Å². The highest BCUT2D eigenvalue weighted by Gasteiger charge is 2.04. The SMILES string of the molecule is CCCc1ccccc1/C=C(\C)n1ccc2cc(Br)ccc21.Cc1ccccc1. The molecule has 0 saturated heterocycles. The molecule has 29 heavy (non-hydrogen) atoms. The summed E-state index contributed by atoms with van der Waals surface area (Å²) in [5, 5.41) is 1.25. The second-order valence-corrected chi connectivity index (χ2v) is 8.19. The van der Waals surface area contributed by atoms with Crippen molar-refractivity contribution in [3.05, 3.63) is 106 Å². The lowest BCUT2D eigenvalue weighted by molar-refractivity contribution is 0.919.